The lowest BCUT2D eigenvalue weighted by atomic mass is 9.73. The van der Waals surface area contributed by atoms with E-state index in [4.69, 9.17) is 0 Å². The van der Waals surface area contributed by atoms with Gasteiger partial charge in [0.2, 0.25) is 0 Å². The molecular formula is C16H21N3S. The van der Waals surface area contributed by atoms with Crippen LogP contribution in [0.25, 0.3) is 10.9 Å². The molecule has 4 rings (SSSR count). The van der Waals surface area contributed by atoms with Crippen molar-refractivity contribution < 1.29 is 0 Å². The minimum absolute atomic E-state index is 0.645. The van der Waals surface area contributed by atoms with E-state index >= 15 is 0 Å². The van der Waals surface area contributed by atoms with E-state index in [2.05, 4.69) is 46.6 Å². The smallest absolute Gasteiger partial charge is 0.0926 e. The maximum Gasteiger partial charge on any atom is 0.0926 e. The Labute approximate surface area is 124 Å². The van der Waals surface area contributed by atoms with Crippen LogP contribution in [0.3, 0.4) is 0 Å². The van der Waals surface area contributed by atoms with Gasteiger partial charge in [-0.25, -0.2) is 0 Å². The van der Waals surface area contributed by atoms with E-state index in [9.17, 15) is 0 Å². The number of likely N-dealkylation sites (N-methyl/N-ethyl adjacent to an activating group) is 1. The van der Waals surface area contributed by atoms with Crippen molar-refractivity contribution in [3.8, 4) is 0 Å². The summed E-state index contributed by atoms with van der Waals surface area (Å²) in [6.07, 6.45) is 4.68. The third-order valence-electron chi connectivity index (χ3n) is 5.07. The van der Waals surface area contributed by atoms with Gasteiger partial charge in [-0.2, -0.15) is 16.9 Å². The summed E-state index contributed by atoms with van der Waals surface area (Å²) in [6.45, 7) is 1.24. The van der Waals surface area contributed by atoms with Crippen LogP contribution >= 0.6 is 11.8 Å². The van der Waals surface area contributed by atoms with Crippen LogP contribution in [0.4, 0.5) is 0 Å². The van der Waals surface area contributed by atoms with Crippen molar-refractivity contribution in [3.63, 3.8) is 0 Å². The molecule has 0 amide bonds. The summed E-state index contributed by atoms with van der Waals surface area (Å²) in [5, 5.41) is 9.15. The van der Waals surface area contributed by atoms with Gasteiger partial charge < -0.3 is 4.90 Å². The number of fused-ring (bicyclic) bond motifs is 2. The number of rotatable bonds is 2. The van der Waals surface area contributed by atoms with Gasteiger partial charge in [-0.1, -0.05) is 12.1 Å². The van der Waals surface area contributed by atoms with Gasteiger partial charge in [0.25, 0.3) is 0 Å². The van der Waals surface area contributed by atoms with Crippen molar-refractivity contribution in [3.05, 3.63) is 29.5 Å². The molecule has 1 aromatic carbocycles. The third kappa shape index (κ3) is 1.81. The Hall–Kier alpha value is -1.00. The fraction of sp³-hybridized carbons (Fsp3) is 0.562. The zero-order chi connectivity index (χ0) is 13.7. The molecule has 2 aromatic rings. The number of nitrogens with zero attached hydrogens (tertiary/aromatic N) is 2. The SMILES string of the molecule is CSC[C@@H]1CC2c3cccc4n[nH]c(c34)C[C@H]2N(C)C1. The lowest BCUT2D eigenvalue weighted by molar-refractivity contribution is 0.120. The molecular weight excluding hydrogens is 266 g/mol. The first-order valence-electron chi connectivity index (χ1n) is 7.43. The zero-order valence-electron chi connectivity index (χ0n) is 12.1. The maximum absolute atomic E-state index is 4.48. The topological polar surface area (TPSA) is 31.9 Å². The summed E-state index contributed by atoms with van der Waals surface area (Å²) in [7, 11) is 2.30. The highest BCUT2D eigenvalue weighted by Gasteiger charge is 2.39. The summed E-state index contributed by atoms with van der Waals surface area (Å²) in [5.74, 6) is 2.78. The number of piperidine rings is 1. The van der Waals surface area contributed by atoms with Crippen molar-refractivity contribution in [2.24, 2.45) is 5.92 Å². The van der Waals surface area contributed by atoms with Crippen LogP contribution in [0.15, 0.2) is 18.2 Å². The molecule has 1 unspecified atom stereocenters. The molecule has 0 radical (unpaired) electrons. The van der Waals surface area contributed by atoms with Crippen LogP contribution in [-0.2, 0) is 6.42 Å². The molecule has 0 spiro atoms. The van der Waals surface area contributed by atoms with Gasteiger partial charge in [0.1, 0.15) is 0 Å². The Balaban J connectivity index is 1.79. The highest BCUT2D eigenvalue weighted by atomic mass is 32.2. The number of nitrogens with one attached hydrogen (secondary N) is 1. The van der Waals surface area contributed by atoms with Crippen molar-refractivity contribution in [1.29, 1.82) is 0 Å². The van der Waals surface area contributed by atoms with E-state index in [1.165, 1.54) is 35.4 Å². The van der Waals surface area contributed by atoms with Crippen LogP contribution < -0.4 is 0 Å². The first kappa shape index (κ1) is 12.7. The summed E-state index contributed by atoms with van der Waals surface area (Å²) < 4.78 is 0. The number of thioether (sulfide) groups is 1. The fourth-order valence-electron chi connectivity index (χ4n) is 4.26. The lowest BCUT2D eigenvalue weighted by Gasteiger charge is -2.45. The van der Waals surface area contributed by atoms with Gasteiger partial charge in [0, 0.05) is 36.0 Å². The van der Waals surface area contributed by atoms with E-state index in [1.54, 1.807) is 0 Å². The van der Waals surface area contributed by atoms with Crippen LogP contribution in [-0.4, -0.2) is 46.7 Å². The Bertz CT molecular complexity index is 636. The van der Waals surface area contributed by atoms with E-state index in [0.29, 0.717) is 12.0 Å². The van der Waals surface area contributed by atoms with Crippen LogP contribution in [0.2, 0.25) is 0 Å². The Morgan fingerprint density at radius 1 is 1.45 bits per heavy atom. The highest BCUT2D eigenvalue weighted by molar-refractivity contribution is 7.98. The maximum atomic E-state index is 4.48. The fourth-order valence-corrected chi connectivity index (χ4v) is 4.97. The quantitative estimate of drug-likeness (QED) is 0.921. The number of hydrogen-bond acceptors (Lipinski definition) is 3. The van der Waals surface area contributed by atoms with Crippen LogP contribution in [0.5, 0.6) is 0 Å². The largest absolute Gasteiger partial charge is 0.302 e. The molecule has 3 atom stereocenters. The summed E-state index contributed by atoms with van der Waals surface area (Å²) in [6, 6.07) is 7.27. The molecule has 20 heavy (non-hydrogen) atoms. The number of aromatic nitrogens is 2. The molecule has 2 heterocycles. The van der Waals surface area contributed by atoms with E-state index in [0.717, 1.165) is 17.9 Å². The number of aromatic amines is 1. The zero-order valence-corrected chi connectivity index (χ0v) is 12.9. The van der Waals surface area contributed by atoms with Gasteiger partial charge in [-0.3, -0.25) is 5.10 Å². The summed E-state index contributed by atoms with van der Waals surface area (Å²) in [5.41, 5.74) is 4.01. The highest BCUT2D eigenvalue weighted by Crippen LogP contribution is 2.43. The molecule has 1 N–H and O–H groups in total. The number of benzene rings is 1. The average Bonchev–Trinajstić information content (AvgIpc) is 2.86. The van der Waals surface area contributed by atoms with Gasteiger partial charge in [-0.05, 0) is 43.0 Å². The standard InChI is InChI=1S/C16H21N3S/c1-19-8-10(9-20-2)6-12-11-4-3-5-13-16(11)14(18-17-13)7-15(12)19/h3-5,10,12,15H,6-9H2,1-2H3,(H,17,18)/t10-,12?,15-/m1/s1. The Morgan fingerprint density at radius 3 is 3.20 bits per heavy atom. The summed E-state index contributed by atoms with van der Waals surface area (Å²) >= 11 is 1.98. The third-order valence-corrected chi connectivity index (χ3v) is 5.87. The normalized spacial score (nSPS) is 29.6. The summed E-state index contributed by atoms with van der Waals surface area (Å²) in [4.78, 5) is 2.58. The van der Waals surface area contributed by atoms with Gasteiger partial charge in [-0.15, -0.1) is 0 Å². The van der Waals surface area contributed by atoms with E-state index < -0.39 is 0 Å². The molecule has 106 valence electrons. The van der Waals surface area contributed by atoms with E-state index in [-0.39, 0.29) is 0 Å². The molecule has 4 heteroatoms. The molecule has 1 fully saturated rings. The van der Waals surface area contributed by atoms with Gasteiger partial charge in [0.05, 0.1) is 5.52 Å². The van der Waals surface area contributed by atoms with Crippen LogP contribution in [0, 0.1) is 5.92 Å². The average molecular weight is 287 g/mol. The minimum atomic E-state index is 0.645. The lowest BCUT2D eigenvalue weighted by Crippen LogP contribution is -2.48. The van der Waals surface area contributed by atoms with E-state index in [1.807, 2.05) is 11.8 Å². The molecule has 0 saturated carbocycles. The molecule has 3 nitrogen and oxygen atoms in total. The van der Waals surface area contributed by atoms with Crippen molar-refractivity contribution in [2.45, 2.75) is 24.8 Å². The van der Waals surface area contributed by atoms with Gasteiger partial charge in [0.15, 0.2) is 0 Å². The number of likely N-dealkylation sites (tertiary alicyclic amines) is 1. The predicted octanol–water partition coefficient (Wildman–Crippen LogP) is 2.89. The first-order chi connectivity index (χ1) is 9.78. The predicted molar refractivity (Wildman–Crippen MR) is 85.4 cm³/mol. The second-order valence-corrected chi connectivity index (χ2v) is 7.23. The van der Waals surface area contributed by atoms with Crippen molar-refractivity contribution in [2.75, 3.05) is 25.6 Å². The molecule has 1 saturated heterocycles. The van der Waals surface area contributed by atoms with Gasteiger partial charge >= 0.3 is 0 Å². The second-order valence-electron chi connectivity index (χ2n) is 6.32. The van der Waals surface area contributed by atoms with Crippen molar-refractivity contribution >= 4 is 22.7 Å². The first-order valence-corrected chi connectivity index (χ1v) is 8.82. The number of H-pyrrole nitrogens is 1. The second kappa shape index (κ2) is 4.78. The van der Waals surface area contributed by atoms with Crippen molar-refractivity contribution in [1.82, 2.24) is 15.1 Å². The molecule has 1 aromatic heterocycles. The molecule has 0 bridgehead atoms. The monoisotopic (exact) mass is 287 g/mol. The molecule has 2 aliphatic rings. The van der Waals surface area contributed by atoms with Crippen LogP contribution in [0.1, 0.15) is 23.6 Å². The number of hydrogen-bond donors (Lipinski definition) is 1. The minimum Gasteiger partial charge on any atom is -0.302 e. The molecule has 1 aliphatic heterocycles. The molecule has 1 aliphatic carbocycles. The Kier molecular flexibility index (Phi) is 3.04. The Morgan fingerprint density at radius 2 is 2.35 bits per heavy atom.